The van der Waals surface area contributed by atoms with Crippen molar-refractivity contribution in [1.29, 1.82) is 0 Å². The molecule has 0 aromatic heterocycles. The van der Waals surface area contributed by atoms with Gasteiger partial charge in [0.05, 0.1) is 5.69 Å². The maximum atomic E-state index is 13.2. The maximum Gasteiger partial charge on any atom is 0.332 e. The van der Waals surface area contributed by atoms with Gasteiger partial charge in [-0.2, -0.15) is 0 Å². The molecule has 0 radical (unpaired) electrons. The Balaban J connectivity index is 2.66. The smallest absolute Gasteiger partial charge is 0.332 e. The zero-order valence-electron chi connectivity index (χ0n) is 7.76. The first-order valence-electron chi connectivity index (χ1n) is 4.10. The third-order valence-corrected chi connectivity index (χ3v) is 2.22. The minimum Gasteiger partial charge on any atom is -0.478 e. The van der Waals surface area contributed by atoms with Gasteiger partial charge in [-0.05, 0) is 18.2 Å². The number of aliphatic carboxylic acids is 1. The van der Waals surface area contributed by atoms with E-state index in [1.165, 1.54) is 12.1 Å². The van der Waals surface area contributed by atoms with Crippen LogP contribution < -0.4 is 5.32 Å². The van der Waals surface area contributed by atoms with E-state index in [1.807, 2.05) is 0 Å². The van der Waals surface area contributed by atoms with Crippen LogP contribution in [0.5, 0.6) is 0 Å². The van der Waals surface area contributed by atoms with Crippen LogP contribution in [0.4, 0.5) is 10.1 Å². The van der Waals surface area contributed by atoms with Gasteiger partial charge in [-0.15, -0.1) is 0 Å². The molecule has 0 aliphatic rings. The summed E-state index contributed by atoms with van der Waals surface area (Å²) in [4.78, 5) is 10.4. The number of hydrogen-bond acceptors (Lipinski definition) is 2. The summed E-state index contributed by atoms with van der Waals surface area (Å²) in [5, 5.41) is 11.2. The van der Waals surface area contributed by atoms with Gasteiger partial charge in [-0.1, -0.05) is 22.5 Å². The number of rotatable bonds is 4. The van der Waals surface area contributed by atoms with Crippen molar-refractivity contribution >= 4 is 27.6 Å². The number of carbonyl (C=O) groups is 1. The zero-order valence-corrected chi connectivity index (χ0v) is 9.34. The summed E-state index contributed by atoms with van der Waals surface area (Å²) in [5.74, 6) is -1.54. The molecule has 80 valence electrons. The highest BCUT2D eigenvalue weighted by Gasteiger charge is 2.06. The van der Waals surface area contributed by atoms with E-state index in [4.69, 9.17) is 5.11 Å². The molecule has 3 nitrogen and oxygen atoms in total. The van der Waals surface area contributed by atoms with E-state index in [2.05, 4.69) is 27.8 Å². The van der Waals surface area contributed by atoms with E-state index in [9.17, 15) is 9.18 Å². The van der Waals surface area contributed by atoms with Crippen molar-refractivity contribution in [2.45, 2.75) is 0 Å². The topological polar surface area (TPSA) is 49.3 Å². The van der Waals surface area contributed by atoms with Crippen LogP contribution in [0, 0.1) is 5.82 Å². The molecule has 1 aromatic carbocycles. The molecule has 0 unspecified atom stereocenters. The van der Waals surface area contributed by atoms with Crippen LogP contribution in [-0.4, -0.2) is 17.6 Å². The van der Waals surface area contributed by atoms with Crippen molar-refractivity contribution < 1.29 is 14.3 Å². The van der Waals surface area contributed by atoms with Crippen molar-refractivity contribution in [1.82, 2.24) is 0 Å². The largest absolute Gasteiger partial charge is 0.478 e. The average Bonchev–Trinajstić information content (AvgIpc) is 2.15. The SMILES string of the molecule is C=C(CNc1ccc(Br)cc1F)C(=O)O. The summed E-state index contributed by atoms with van der Waals surface area (Å²) >= 11 is 3.12. The first-order valence-corrected chi connectivity index (χ1v) is 4.90. The lowest BCUT2D eigenvalue weighted by molar-refractivity contribution is -0.132. The summed E-state index contributed by atoms with van der Waals surface area (Å²) in [6, 6.07) is 4.48. The molecule has 0 aliphatic carbocycles. The summed E-state index contributed by atoms with van der Waals surface area (Å²) < 4.78 is 13.9. The van der Waals surface area contributed by atoms with Crippen LogP contribution in [0.2, 0.25) is 0 Å². The van der Waals surface area contributed by atoms with Gasteiger partial charge in [-0.3, -0.25) is 0 Å². The van der Waals surface area contributed by atoms with Crippen LogP contribution >= 0.6 is 15.9 Å². The van der Waals surface area contributed by atoms with E-state index >= 15 is 0 Å². The molecule has 1 rings (SSSR count). The van der Waals surface area contributed by atoms with Gasteiger partial charge >= 0.3 is 5.97 Å². The molecule has 0 spiro atoms. The quantitative estimate of drug-likeness (QED) is 0.830. The first-order chi connectivity index (χ1) is 7.00. The summed E-state index contributed by atoms with van der Waals surface area (Å²) in [6.45, 7) is 3.33. The molecule has 5 heteroatoms. The van der Waals surface area contributed by atoms with Gasteiger partial charge in [-0.25, -0.2) is 9.18 Å². The van der Waals surface area contributed by atoms with E-state index in [0.717, 1.165) is 0 Å². The van der Waals surface area contributed by atoms with Crippen molar-refractivity contribution in [2.75, 3.05) is 11.9 Å². The first kappa shape index (κ1) is 11.7. The lowest BCUT2D eigenvalue weighted by Crippen LogP contribution is -2.11. The molecule has 0 saturated carbocycles. The summed E-state index contributed by atoms with van der Waals surface area (Å²) in [5.41, 5.74) is 0.234. The predicted molar refractivity (Wildman–Crippen MR) is 59.4 cm³/mol. The van der Waals surface area contributed by atoms with Crippen LogP contribution in [0.25, 0.3) is 0 Å². The van der Waals surface area contributed by atoms with Gasteiger partial charge in [0, 0.05) is 16.6 Å². The highest BCUT2D eigenvalue weighted by Crippen LogP contribution is 2.19. The maximum absolute atomic E-state index is 13.2. The van der Waals surface area contributed by atoms with Gasteiger partial charge in [0.25, 0.3) is 0 Å². The number of hydrogen-bond donors (Lipinski definition) is 2. The molecule has 15 heavy (non-hydrogen) atoms. The standard InChI is InChI=1S/C10H9BrFNO2/c1-6(10(14)15)5-13-9-3-2-7(11)4-8(9)12/h2-4,13H,1,5H2,(H,14,15). The minimum absolute atomic E-state index is 0.00782. The molecule has 0 saturated heterocycles. The molecule has 0 bridgehead atoms. The van der Waals surface area contributed by atoms with E-state index < -0.39 is 11.8 Å². The van der Waals surface area contributed by atoms with Crippen LogP contribution in [0.1, 0.15) is 0 Å². The van der Waals surface area contributed by atoms with E-state index in [-0.39, 0.29) is 17.8 Å². The Bertz CT molecular complexity index is 406. The Morgan fingerprint density at radius 1 is 1.60 bits per heavy atom. The highest BCUT2D eigenvalue weighted by atomic mass is 79.9. The summed E-state index contributed by atoms with van der Waals surface area (Å²) in [7, 11) is 0. The second kappa shape index (κ2) is 4.93. The number of nitrogens with one attached hydrogen (secondary N) is 1. The second-order valence-electron chi connectivity index (χ2n) is 2.89. The molecule has 2 N–H and O–H groups in total. The molecular weight excluding hydrogens is 265 g/mol. The van der Waals surface area contributed by atoms with Gasteiger partial charge in [0.2, 0.25) is 0 Å². The molecular formula is C10H9BrFNO2. The van der Waals surface area contributed by atoms with Gasteiger partial charge < -0.3 is 10.4 Å². The fourth-order valence-corrected chi connectivity index (χ4v) is 1.24. The molecule has 0 fully saturated rings. The second-order valence-corrected chi connectivity index (χ2v) is 3.80. The Kier molecular flexibility index (Phi) is 3.85. The Hall–Kier alpha value is -1.36. The average molecular weight is 274 g/mol. The number of carboxylic acids is 1. The number of carboxylic acid groups (broad SMARTS) is 1. The third kappa shape index (κ3) is 3.36. The van der Waals surface area contributed by atoms with Crippen molar-refractivity contribution in [2.24, 2.45) is 0 Å². The molecule has 0 heterocycles. The number of benzene rings is 1. The fraction of sp³-hybridized carbons (Fsp3) is 0.100. The Morgan fingerprint density at radius 2 is 2.27 bits per heavy atom. The molecule has 0 atom stereocenters. The zero-order chi connectivity index (χ0) is 11.4. The van der Waals surface area contributed by atoms with Crippen LogP contribution in [-0.2, 0) is 4.79 Å². The minimum atomic E-state index is -1.10. The normalized spacial score (nSPS) is 9.73. The van der Waals surface area contributed by atoms with E-state index in [0.29, 0.717) is 4.47 Å². The van der Waals surface area contributed by atoms with Gasteiger partial charge in [0.1, 0.15) is 5.82 Å². The monoisotopic (exact) mass is 273 g/mol. The van der Waals surface area contributed by atoms with Crippen molar-refractivity contribution in [3.8, 4) is 0 Å². The molecule has 0 amide bonds. The van der Waals surface area contributed by atoms with Crippen LogP contribution in [0.3, 0.4) is 0 Å². The van der Waals surface area contributed by atoms with E-state index in [1.54, 1.807) is 6.07 Å². The van der Waals surface area contributed by atoms with Crippen molar-refractivity contribution in [3.63, 3.8) is 0 Å². The summed E-state index contributed by atoms with van der Waals surface area (Å²) in [6.07, 6.45) is 0. The predicted octanol–water partition coefficient (Wildman–Crippen LogP) is 2.64. The molecule has 0 aliphatic heterocycles. The number of anilines is 1. The third-order valence-electron chi connectivity index (χ3n) is 1.73. The lowest BCUT2D eigenvalue weighted by Gasteiger charge is -2.07. The Morgan fingerprint density at radius 3 is 2.80 bits per heavy atom. The van der Waals surface area contributed by atoms with Crippen LogP contribution in [0.15, 0.2) is 34.8 Å². The van der Waals surface area contributed by atoms with Crippen molar-refractivity contribution in [3.05, 3.63) is 40.6 Å². The Labute approximate surface area is 94.7 Å². The molecule has 1 aromatic rings. The number of halogens is 2. The van der Waals surface area contributed by atoms with Gasteiger partial charge in [0.15, 0.2) is 0 Å². The highest BCUT2D eigenvalue weighted by molar-refractivity contribution is 9.10. The lowest BCUT2D eigenvalue weighted by atomic mass is 10.2. The fourth-order valence-electron chi connectivity index (χ4n) is 0.910.